The molecule has 1 fully saturated rings. The normalized spacial score (nSPS) is 21.8. The summed E-state index contributed by atoms with van der Waals surface area (Å²) in [7, 11) is 1.62. The summed E-state index contributed by atoms with van der Waals surface area (Å²) in [6, 6.07) is 7.30. The monoisotopic (exact) mass is 338 g/mol. The van der Waals surface area contributed by atoms with E-state index in [4.69, 9.17) is 14.2 Å². The molecule has 1 aliphatic heterocycles. The molecule has 2 N–H and O–H groups in total. The summed E-state index contributed by atoms with van der Waals surface area (Å²) in [6.07, 6.45) is 1.11. The van der Waals surface area contributed by atoms with Gasteiger partial charge in [0.05, 0.1) is 32.7 Å². The third-order valence-corrected chi connectivity index (χ3v) is 4.34. The fourth-order valence-corrected chi connectivity index (χ4v) is 2.98. The zero-order valence-corrected chi connectivity index (χ0v) is 14.5. The molecule has 1 aromatic rings. The van der Waals surface area contributed by atoms with Gasteiger partial charge in [-0.05, 0) is 31.2 Å². The molecular formula is C18H28NO5+. The van der Waals surface area contributed by atoms with Gasteiger partial charge in [-0.15, -0.1) is 0 Å². The van der Waals surface area contributed by atoms with E-state index in [1.54, 1.807) is 7.11 Å². The number of methoxy groups -OCH3 is 1. The first-order valence-electron chi connectivity index (χ1n) is 8.57. The van der Waals surface area contributed by atoms with Crippen LogP contribution in [0.15, 0.2) is 24.3 Å². The summed E-state index contributed by atoms with van der Waals surface area (Å²) in [4.78, 5) is 13.0. The molecule has 0 aromatic heterocycles. The van der Waals surface area contributed by atoms with Crippen molar-refractivity contribution in [1.29, 1.82) is 0 Å². The third-order valence-electron chi connectivity index (χ3n) is 4.34. The van der Waals surface area contributed by atoms with Crippen LogP contribution in [0.3, 0.4) is 0 Å². The number of esters is 1. The lowest BCUT2D eigenvalue weighted by atomic mass is 9.97. The van der Waals surface area contributed by atoms with Gasteiger partial charge in [-0.1, -0.05) is 0 Å². The van der Waals surface area contributed by atoms with Crippen molar-refractivity contribution >= 4 is 5.97 Å². The van der Waals surface area contributed by atoms with E-state index in [2.05, 4.69) is 0 Å². The number of likely N-dealkylation sites (tertiary alicyclic amines) is 1. The van der Waals surface area contributed by atoms with Gasteiger partial charge in [-0.3, -0.25) is 4.79 Å². The minimum absolute atomic E-state index is 0.0152. The smallest absolute Gasteiger partial charge is 0.309 e. The number of rotatable bonds is 8. The van der Waals surface area contributed by atoms with Gasteiger partial charge in [0.2, 0.25) is 0 Å². The number of carbonyl (C=O) groups is 1. The maximum absolute atomic E-state index is 11.7. The molecule has 1 aromatic carbocycles. The summed E-state index contributed by atoms with van der Waals surface area (Å²) in [5.41, 5.74) is 0. The van der Waals surface area contributed by atoms with Crippen LogP contribution in [0.2, 0.25) is 0 Å². The molecule has 0 aliphatic carbocycles. The molecule has 2 rings (SSSR count). The van der Waals surface area contributed by atoms with Crippen molar-refractivity contribution in [3.63, 3.8) is 0 Å². The predicted octanol–water partition coefficient (Wildman–Crippen LogP) is 0.293. The molecule has 1 saturated heterocycles. The lowest BCUT2D eigenvalue weighted by molar-refractivity contribution is -0.908. The SMILES string of the molecule is CCOC(=O)C1CC[NH+](C[C@H](O)COc2ccc(OC)cc2)CC1. The van der Waals surface area contributed by atoms with Crippen LogP contribution >= 0.6 is 0 Å². The van der Waals surface area contributed by atoms with Crippen molar-refractivity contribution < 1.29 is 29.0 Å². The zero-order chi connectivity index (χ0) is 17.4. The van der Waals surface area contributed by atoms with E-state index in [0.717, 1.165) is 31.7 Å². The van der Waals surface area contributed by atoms with Gasteiger partial charge >= 0.3 is 5.97 Å². The predicted molar refractivity (Wildman–Crippen MR) is 89.4 cm³/mol. The number of aliphatic hydroxyl groups excluding tert-OH is 1. The van der Waals surface area contributed by atoms with Gasteiger partial charge in [0.1, 0.15) is 30.8 Å². The van der Waals surface area contributed by atoms with E-state index in [0.29, 0.717) is 18.9 Å². The molecule has 0 bridgehead atoms. The quantitative estimate of drug-likeness (QED) is 0.667. The van der Waals surface area contributed by atoms with Gasteiger partial charge in [-0.25, -0.2) is 0 Å². The fraction of sp³-hybridized carbons (Fsp3) is 0.611. The van der Waals surface area contributed by atoms with Gasteiger partial charge in [0.15, 0.2) is 0 Å². The molecule has 0 radical (unpaired) electrons. The maximum atomic E-state index is 11.7. The molecule has 0 amide bonds. The first-order chi connectivity index (χ1) is 11.6. The molecule has 0 saturated carbocycles. The number of nitrogens with one attached hydrogen (secondary N) is 1. The van der Waals surface area contributed by atoms with Crippen LogP contribution in [-0.2, 0) is 9.53 Å². The number of quaternary nitrogens is 1. The van der Waals surface area contributed by atoms with Gasteiger partial charge in [0, 0.05) is 12.8 Å². The third kappa shape index (κ3) is 5.69. The molecular weight excluding hydrogens is 310 g/mol. The van der Waals surface area contributed by atoms with Crippen LogP contribution in [0, 0.1) is 5.92 Å². The van der Waals surface area contributed by atoms with E-state index in [1.807, 2.05) is 31.2 Å². The summed E-state index contributed by atoms with van der Waals surface area (Å²) in [5.74, 6) is 1.42. The van der Waals surface area contributed by atoms with E-state index in [1.165, 1.54) is 4.90 Å². The van der Waals surface area contributed by atoms with Crippen LogP contribution in [0.4, 0.5) is 0 Å². The van der Waals surface area contributed by atoms with Crippen LogP contribution in [0.1, 0.15) is 19.8 Å². The molecule has 1 atom stereocenters. The Morgan fingerprint density at radius 3 is 2.46 bits per heavy atom. The summed E-state index contributed by atoms with van der Waals surface area (Å²) >= 11 is 0. The number of ether oxygens (including phenoxy) is 3. The first kappa shape index (κ1) is 18.5. The van der Waals surface area contributed by atoms with Gasteiger partial charge in [0.25, 0.3) is 0 Å². The lowest BCUT2D eigenvalue weighted by Crippen LogP contribution is -3.14. The largest absolute Gasteiger partial charge is 0.497 e. The molecule has 1 heterocycles. The van der Waals surface area contributed by atoms with Gasteiger partial charge < -0.3 is 24.2 Å². The minimum atomic E-state index is -0.527. The molecule has 24 heavy (non-hydrogen) atoms. The van der Waals surface area contributed by atoms with E-state index in [9.17, 15) is 9.90 Å². The Kier molecular flexibility index (Phi) is 7.34. The number of aliphatic hydroxyl groups is 1. The van der Waals surface area contributed by atoms with Gasteiger partial charge in [-0.2, -0.15) is 0 Å². The Bertz CT molecular complexity index is 497. The van der Waals surface area contributed by atoms with Crippen LogP contribution in [-0.4, -0.2) is 57.1 Å². The molecule has 6 nitrogen and oxygen atoms in total. The van der Waals surface area contributed by atoms with Crippen molar-refractivity contribution in [3.05, 3.63) is 24.3 Å². The lowest BCUT2D eigenvalue weighted by Gasteiger charge is -2.29. The average Bonchev–Trinajstić information content (AvgIpc) is 2.61. The van der Waals surface area contributed by atoms with Crippen molar-refractivity contribution in [2.45, 2.75) is 25.9 Å². The van der Waals surface area contributed by atoms with E-state index >= 15 is 0 Å². The Labute approximate surface area is 143 Å². The topological polar surface area (TPSA) is 69.4 Å². The second-order valence-corrected chi connectivity index (χ2v) is 6.12. The number of hydrogen-bond acceptors (Lipinski definition) is 5. The highest BCUT2D eigenvalue weighted by atomic mass is 16.5. The Morgan fingerprint density at radius 1 is 1.25 bits per heavy atom. The number of piperidine rings is 1. The standard InChI is InChI=1S/C18H27NO5/c1-3-23-18(21)14-8-10-19(11-9-14)12-15(20)13-24-17-6-4-16(22-2)5-7-17/h4-7,14-15,20H,3,8-13H2,1-2H3/p+1/t15-/m0/s1. The zero-order valence-electron chi connectivity index (χ0n) is 14.5. The average molecular weight is 338 g/mol. The van der Waals surface area contributed by atoms with E-state index in [-0.39, 0.29) is 18.5 Å². The first-order valence-corrected chi connectivity index (χ1v) is 8.57. The Balaban J connectivity index is 1.67. The summed E-state index contributed by atoms with van der Waals surface area (Å²) in [5, 5.41) is 10.2. The van der Waals surface area contributed by atoms with Crippen molar-refractivity contribution in [1.82, 2.24) is 0 Å². The summed E-state index contributed by atoms with van der Waals surface area (Å²) < 4.78 is 15.8. The number of carbonyl (C=O) groups excluding carboxylic acids is 1. The molecule has 134 valence electrons. The van der Waals surface area contributed by atoms with Crippen LogP contribution in [0.5, 0.6) is 11.5 Å². The Morgan fingerprint density at radius 2 is 1.88 bits per heavy atom. The molecule has 0 spiro atoms. The van der Waals surface area contributed by atoms with Crippen molar-refractivity contribution in [3.8, 4) is 11.5 Å². The van der Waals surface area contributed by atoms with E-state index < -0.39 is 6.10 Å². The van der Waals surface area contributed by atoms with Crippen molar-refractivity contribution in [2.75, 3.05) is 40.0 Å². The van der Waals surface area contributed by atoms with Crippen molar-refractivity contribution in [2.24, 2.45) is 5.92 Å². The molecule has 0 unspecified atom stereocenters. The summed E-state index contributed by atoms with van der Waals surface area (Å²) in [6.45, 7) is 4.92. The number of benzene rings is 1. The molecule has 1 aliphatic rings. The fourth-order valence-electron chi connectivity index (χ4n) is 2.98. The minimum Gasteiger partial charge on any atom is -0.497 e. The maximum Gasteiger partial charge on any atom is 0.309 e. The second kappa shape index (κ2) is 9.49. The van der Waals surface area contributed by atoms with Crippen LogP contribution in [0.25, 0.3) is 0 Å². The molecule has 6 heteroatoms. The van der Waals surface area contributed by atoms with Crippen LogP contribution < -0.4 is 14.4 Å². The Hall–Kier alpha value is -1.79. The highest BCUT2D eigenvalue weighted by molar-refractivity contribution is 5.72. The number of hydrogen-bond donors (Lipinski definition) is 2. The second-order valence-electron chi connectivity index (χ2n) is 6.12. The highest BCUT2D eigenvalue weighted by Gasteiger charge is 2.29. The highest BCUT2D eigenvalue weighted by Crippen LogP contribution is 2.17.